The number of benzene rings is 1. The predicted octanol–water partition coefficient (Wildman–Crippen LogP) is 2.82. The molecule has 0 unspecified atom stereocenters. The number of amides is 1. The number of pyridine rings is 1. The van der Waals surface area contributed by atoms with Crippen LogP contribution in [-0.2, 0) is 4.79 Å². The minimum atomic E-state index is -0.905. The number of hydrogen-bond acceptors (Lipinski definition) is 4. The highest BCUT2D eigenvalue weighted by Gasteiger charge is 2.34. The number of carbonyl (C=O) groups excluding carboxylic acids is 1. The summed E-state index contributed by atoms with van der Waals surface area (Å²) in [5.74, 6) is -0.360. The molecule has 3 atom stereocenters. The van der Waals surface area contributed by atoms with Crippen LogP contribution in [0.1, 0.15) is 19.8 Å². The first-order valence-electron chi connectivity index (χ1n) is 9.46. The Morgan fingerprint density at radius 3 is 3.00 bits per heavy atom. The number of rotatable bonds is 4. The van der Waals surface area contributed by atoms with Crippen LogP contribution in [0.3, 0.4) is 0 Å². The lowest BCUT2D eigenvalue weighted by atomic mass is 10.1. The molecule has 7 heteroatoms. The zero-order valence-corrected chi connectivity index (χ0v) is 15.4. The van der Waals surface area contributed by atoms with Crippen LogP contribution in [0.5, 0.6) is 0 Å². The summed E-state index contributed by atoms with van der Waals surface area (Å²) in [6.07, 6.45) is 1.64. The maximum absolute atomic E-state index is 13.6. The summed E-state index contributed by atoms with van der Waals surface area (Å²) in [6, 6.07) is 7.31. The molecule has 27 heavy (non-hydrogen) atoms. The van der Waals surface area contributed by atoms with E-state index < -0.39 is 6.17 Å². The van der Waals surface area contributed by atoms with E-state index in [1.54, 1.807) is 4.90 Å². The molecule has 5 nitrogen and oxygen atoms in total. The van der Waals surface area contributed by atoms with Crippen molar-refractivity contribution in [3.63, 3.8) is 0 Å². The van der Waals surface area contributed by atoms with E-state index in [9.17, 15) is 13.6 Å². The highest BCUT2D eigenvalue weighted by molar-refractivity contribution is 5.91. The molecule has 3 heterocycles. The van der Waals surface area contributed by atoms with Crippen LogP contribution < -0.4 is 5.32 Å². The van der Waals surface area contributed by atoms with Gasteiger partial charge in [-0.3, -0.25) is 14.7 Å². The van der Waals surface area contributed by atoms with E-state index in [0.717, 1.165) is 36.1 Å². The molecule has 0 saturated carbocycles. The Hall–Kier alpha value is -2.28. The van der Waals surface area contributed by atoms with E-state index in [2.05, 4.69) is 15.2 Å². The zero-order chi connectivity index (χ0) is 19.0. The number of anilines is 1. The molecule has 0 aliphatic carbocycles. The number of nitrogens with one attached hydrogen (secondary N) is 1. The molecule has 0 bridgehead atoms. The van der Waals surface area contributed by atoms with Crippen LogP contribution in [0.4, 0.5) is 14.5 Å². The van der Waals surface area contributed by atoms with Crippen molar-refractivity contribution in [3.8, 4) is 0 Å². The van der Waals surface area contributed by atoms with Gasteiger partial charge in [0.2, 0.25) is 5.91 Å². The first-order valence-corrected chi connectivity index (χ1v) is 9.46. The molecule has 0 spiro atoms. The molecule has 1 amide bonds. The molecule has 2 aliphatic heterocycles. The Bertz CT molecular complexity index is 846. The minimum Gasteiger partial charge on any atom is -0.380 e. The maximum atomic E-state index is 13.6. The molecule has 1 aromatic heterocycles. The number of carbonyl (C=O) groups is 1. The summed E-state index contributed by atoms with van der Waals surface area (Å²) in [7, 11) is 0. The first kappa shape index (κ1) is 18.1. The molecule has 144 valence electrons. The van der Waals surface area contributed by atoms with Gasteiger partial charge in [0.15, 0.2) is 0 Å². The fraction of sp³-hybridized carbons (Fsp3) is 0.500. The maximum Gasteiger partial charge on any atom is 0.237 e. The van der Waals surface area contributed by atoms with E-state index in [1.807, 2.05) is 25.1 Å². The number of likely N-dealkylation sites (tertiary alicyclic amines) is 2. The minimum absolute atomic E-state index is 0.000248. The van der Waals surface area contributed by atoms with Gasteiger partial charge in [-0.1, -0.05) is 6.07 Å². The third-order valence-corrected chi connectivity index (χ3v) is 5.53. The average molecular weight is 374 g/mol. The first-order chi connectivity index (χ1) is 13.0. The predicted molar refractivity (Wildman–Crippen MR) is 101 cm³/mol. The lowest BCUT2D eigenvalue weighted by molar-refractivity contribution is -0.132. The van der Waals surface area contributed by atoms with E-state index in [0.29, 0.717) is 13.0 Å². The number of halogens is 2. The van der Waals surface area contributed by atoms with Crippen LogP contribution >= 0.6 is 0 Å². The molecule has 0 radical (unpaired) electrons. The second kappa shape index (κ2) is 7.38. The zero-order valence-electron chi connectivity index (χ0n) is 15.4. The van der Waals surface area contributed by atoms with Crippen molar-refractivity contribution >= 4 is 22.5 Å². The lowest BCUT2D eigenvalue weighted by Crippen LogP contribution is -2.42. The Morgan fingerprint density at radius 1 is 1.37 bits per heavy atom. The Labute approximate surface area is 157 Å². The molecular weight excluding hydrogens is 350 g/mol. The Balaban J connectivity index is 1.38. The molecule has 2 saturated heterocycles. The highest BCUT2D eigenvalue weighted by Crippen LogP contribution is 2.25. The quantitative estimate of drug-likeness (QED) is 0.894. The van der Waals surface area contributed by atoms with Crippen molar-refractivity contribution in [2.45, 2.75) is 38.0 Å². The molecule has 2 aliphatic rings. The van der Waals surface area contributed by atoms with E-state index >= 15 is 0 Å². The number of nitrogens with zero attached hydrogens (tertiary/aromatic N) is 3. The van der Waals surface area contributed by atoms with E-state index in [-0.39, 0.29) is 30.4 Å². The summed E-state index contributed by atoms with van der Waals surface area (Å²) >= 11 is 0. The van der Waals surface area contributed by atoms with Crippen molar-refractivity contribution < 1.29 is 13.6 Å². The van der Waals surface area contributed by atoms with Crippen molar-refractivity contribution in [3.05, 3.63) is 36.3 Å². The van der Waals surface area contributed by atoms with Gasteiger partial charge in [0.05, 0.1) is 24.8 Å². The molecular formula is C20H24F2N4O. The summed E-state index contributed by atoms with van der Waals surface area (Å²) in [5, 5.41) is 4.22. The monoisotopic (exact) mass is 374 g/mol. The van der Waals surface area contributed by atoms with Gasteiger partial charge in [0.25, 0.3) is 0 Å². The summed E-state index contributed by atoms with van der Waals surface area (Å²) in [5.41, 5.74) is 1.60. The van der Waals surface area contributed by atoms with Gasteiger partial charge in [-0.25, -0.2) is 8.78 Å². The van der Waals surface area contributed by atoms with Crippen LogP contribution in [0.2, 0.25) is 0 Å². The normalized spacial score (nSPS) is 26.0. The second-order valence-corrected chi connectivity index (χ2v) is 7.62. The average Bonchev–Trinajstić information content (AvgIpc) is 3.21. The second-order valence-electron chi connectivity index (χ2n) is 7.62. The fourth-order valence-corrected chi connectivity index (χ4v) is 4.16. The molecule has 2 fully saturated rings. The number of aromatic nitrogens is 1. The van der Waals surface area contributed by atoms with Crippen molar-refractivity contribution in [2.24, 2.45) is 0 Å². The van der Waals surface area contributed by atoms with Crippen LogP contribution in [0.15, 0.2) is 30.5 Å². The van der Waals surface area contributed by atoms with E-state index in [4.69, 9.17) is 0 Å². The molecule has 2 aromatic rings. The smallest absolute Gasteiger partial charge is 0.237 e. The van der Waals surface area contributed by atoms with Crippen LogP contribution in [0, 0.1) is 5.82 Å². The summed E-state index contributed by atoms with van der Waals surface area (Å²) in [6.45, 7) is 3.97. The van der Waals surface area contributed by atoms with Gasteiger partial charge in [0, 0.05) is 42.7 Å². The van der Waals surface area contributed by atoms with Gasteiger partial charge in [0.1, 0.15) is 12.0 Å². The molecule has 1 N–H and O–H groups in total. The van der Waals surface area contributed by atoms with Gasteiger partial charge < -0.3 is 10.2 Å². The SMILES string of the molecule is C[C@@H]1C[C@H](F)CN1C(=O)CN1CC[C@H](Nc2cccc3ncc(F)cc23)C1. The lowest BCUT2D eigenvalue weighted by Gasteiger charge is -2.24. The topological polar surface area (TPSA) is 48.5 Å². The standard InChI is InChI=1S/C20H24F2N4O/c1-13-7-15(22)10-26(13)20(27)12-25-6-5-16(11-25)24-19-4-2-3-18-17(19)8-14(21)9-23-18/h2-4,8-9,13,15-16,24H,5-7,10-12H2,1H3/t13-,15+,16+/m1/s1. The summed E-state index contributed by atoms with van der Waals surface area (Å²) < 4.78 is 27.1. The van der Waals surface area contributed by atoms with Crippen molar-refractivity contribution in [1.82, 2.24) is 14.8 Å². The van der Waals surface area contributed by atoms with Gasteiger partial charge >= 0.3 is 0 Å². The molecule has 4 rings (SSSR count). The number of fused-ring (bicyclic) bond motifs is 1. The number of hydrogen-bond donors (Lipinski definition) is 1. The highest BCUT2D eigenvalue weighted by atomic mass is 19.1. The van der Waals surface area contributed by atoms with E-state index in [1.165, 1.54) is 12.3 Å². The van der Waals surface area contributed by atoms with Crippen LogP contribution in [-0.4, -0.2) is 65.1 Å². The Morgan fingerprint density at radius 2 is 2.22 bits per heavy atom. The third-order valence-electron chi connectivity index (χ3n) is 5.53. The van der Waals surface area contributed by atoms with Gasteiger partial charge in [-0.15, -0.1) is 0 Å². The van der Waals surface area contributed by atoms with Crippen LogP contribution in [0.25, 0.3) is 10.9 Å². The fourth-order valence-electron chi connectivity index (χ4n) is 4.16. The van der Waals surface area contributed by atoms with Gasteiger partial charge in [-0.2, -0.15) is 0 Å². The largest absolute Gasteiger partial charge is 0.380 e. The van der Waals surface area contributed by atoms with Crippen molar-refractivity contribution in [1.29, 1.82) is 0 Å². The number of alkyl halides is 1. The molecule has 1 aromatic carbocycles. The van der Waals surface area contributed by atoms with Crippen molar-refractivity contribution in [2.75, 3.05) is 31.5 Å². The third kappa shape index (κ3) is 3.88. The summed E-state index contributed by atoms with van der Waals surface area (Å²) in [4.78, 5) is 20.4. The Kier molecular flexibility index (Phi) is 4.95. The van der Waals surface area contributed by atoms with Gasteiger partial charge in [-0.05, 0) is 31.5 Å².